The fourth-order valence-corrected chi connectivity index (χ4v) is 3.94. The third-order valence-corrected chi connectivity index (χ3v) is 5.66. The smallest absolute Gasteiger partial charge is 0.263 e. The standard InChI is InChI=1S/C22H27N3O3S/c1-4-6-11-24(3)19(26)13-25-15-23-21-20(22(25)27)18(14-29-21)16-7-9-17(10-8-16)28-12-5-2/h7-10,14-15H,4-6,11-13H2,1-3H3. The molecular formula is C22H27N3O3S. The number of thiophene rings is 1. The molecule has 7 heteroatoms. The van der Waals surface area contributed by atoms with E-state index in [0.717, 1.165) is 36.1 Å². The first-order valence-electron chi connectivity index (χ1n) is 9.99. The van der Waals surface area contributed by atoms with Crippen LogP contribution in [0, 0.1) is 0 Å². The van der Waals surface area contributed by atoms with Crippen molar-refractivity contribution in [3.05, 3.63) is 46.3 Å². The Hall–Kier alpha value is -2.67. The van der Waals surface area contributed by atoms with Crippen LogP contribution in [0.4, 0.5) is 0 Å². The second kappa shape index (κ2) is 9.69. The van der Waals surface area contributed by atoms with Crippen LogP contribution in [0.25, 0.3) is 21.3 Å². The number of hydrogen-bond donors (Lipinski definition) is 0. The average molecular weight is 414 g/mol. The minimum Gasteiger partial charge on any atom is -0.494 e. The molecule has 2 heterocycles. The van der Waals surface area contributed by atoms with Crippen LogP contribution in [0.15, 0.2) is 40.8 Å². The lowest BCUT2D eigenvalue weighted by atomic mass is 10.1. The van der Waals surface area contributed by atoms with Crippen molar-refractivity contribution in [1.29, 1.82) is 0 Å². The summed E-state index contributed by atoms with van der Waals surface area (Å²) in [5, 5.41) is 2.50. The van der Waals surface area contributed by atoms with E-state index in [9.17, 15) is 9.59 Å². The van der Waals surface area contributed by atoms with Gasteiger partial charge >= 0.3 is 0 Å². The van der Waals surface area contributed by atoms with Crippen molar-refractivity contribution in [2.45, 2.75) is 39.7 Å². The number of hydrogen-bond acceptors (Lipinski definition) is 5. The van der Waals surface area contributed by atoms with Crippen LogP contribution in [0.5, 0.6) is 5.75 Å². The fourth-order valence-electron chi connectivity index (χ4n) is 3.03. The molecule has 0 N–H and O–H groups in total. The Kier molecular flexibility index (Phi) is 7.04. The highest BCUT2D eigenvalue weighted by molar-refractivity contribution is 7.17. The van der Waals surface area contributed by atoms with Crippen molar-refractivity contribution >= 4 is 27.5 Å². The van der Waals surface area contributed by atoms with Crippen LogP contribution in [-0.2, 0) is 11.3 Å². The summed E-state index contributed by atoms with van der Waals surface area (Å²) in [6.45, 7) is 5.52. The van der Waals surface area contributed by atoms with E-state index in [0.29, 0.717) is 23.4 Å². The largest absolute Gasteiger partial charge is 0.494 e. The highest BCUT2D eigenvalue weighted by Crippen LogP contribution is 2.31. The minimum atomic E-state index is -0.185. The van der Waals surface area contributed by atoms with E-state index in [1.54, 1.807) is 11.9 Å². The molecule has 154 valence electrons. The number of carbonyl (C=O) groups excluding carboxylic acids is 1. The monoisotopic (exact) mass is 413 g/mol. The van der Waals surface area contributed by atoms with Crippen LogP contribution in [0.2, 0.25) is 0 Å². The predicted molar refractivity (Wildman–Crippen MR) is 118 cm³/mol. The number of amides is 1. The molecule has 6 nitrogen and oxygen atoms in total. The second-order valence-corrected chi connectivity index (χ2v) is 7.91. The number of ether oxygens (including phenoxy) is 1. The van der Waals surface area contributed by atoms with Gasteiger partial charge in [0.1, 0.15) is 17.1 Å². The van der Waals surface area contributed by atoms with Crippen molar-refractivity contribution in [1.82, 2.24) is 14.5 Å². The Labute approximate surface area is 174 Å². The minimum absolute atomic E-state index is 0.00106. The Balaban J connectivity index is 1.88. The first kappa shape index (κ1) is 21.0. The number of carbonyl (C=O) groups is 1. The third kappa shape index (κ3) is 4.85. The molecule has 0 fully saturated rings. The van der Waals surface area contributed by atoms with E-state index in [-0.39, 0.29) is 18.0 Å². The molecule has 0 saturated carbocycles. The molecule has 2 aromatic heterocycles. The van der Waals surface area contributed by atoms with Crippen LogP contribution >= 0.6 is 11.3 Å². The van der Waals surface area contributed by atoms with Crippen molar-refractivity contribution in [2.75, 3.05) is 20.2 Å². The first-order chi connectivity index (χ1) is 14.0. The molecule has 1 amide bonds. The first-order valence-corrected chi connectivity index (χ1v) is 10.9. The lowest BCUT2D eigenvalue weighted by Crippen LogP contribution is -2.34. The molecule has 0 spiro atoms. The maximum atomic E-state index is 13.1. The topological polar surface area (TPSA) is 64.4 Å². The SMILES string of the molecule is CCCCN(C)C(=O)Cn1cnc2scc(-c3ccc(OCCC)cc3)c2c1=O. The van der Waals surface area contributed by atoms with Crippen LogP contribution in [0.3, 0.4) is 0 Å². The van der Waals surface area contributed by atoms with Crippen molar-refractivity contribution in [2.24, 2.45) is 0 Å². The molecule has 0 aliphatic rings. The summed E-state index contributed by atoms with van der Waals surface area (Å²) >= 11 is 1.43. The number of benzene rings is 1. The van der Waals surface area contributed by atoms with Gasteiger partial charge in [0, 0.05) is 24.5 Å². The highest BCUT2D eigenvalue weighted by atomic mass is 32.1. The van der Waals surface area contributed by atoms with Crippen molar-refractivity contribution in [3.63, 3.8) is 0 Å². The maximum absolute atomic E-state index is 13.1. The molecule has 3 aromatic rings. The second-order valence-electron chi connectivity index (χ2n) is 7.05. The highest BCUT2D eigenvalue weighted by Gasteiger charge is 2.16. The number of unbranched alkanes of at least 4 members (excludes halogenated alkanes) is 1. The molecule has 0 saturated heterocycles. The summed E-state index contributed by atoms with van der Waals surface area (Å²) in [5.74, 6) is 0.724. The van der Waals surface area contributed by atoms with E-state index in [1.165, 1.54) is 22.2 Å². The van der Waals surface area contributed by atoms with Gasteiger partial charge in [-0.05, 0) is 30.5 Å². The number of likely N-dealkylation sites (N-methyl/N-ethyl adjacent to an activating group) is 1. The number of rotatable bonds is 9. The quantitative estimate of drug-likeness (QED) is 0.528. The molecular weight excluding hydrogens is 386 g/mol. The lowest BCUT2D eigenvalue weighted by molar-refractivity contribution is -0.130. The summed E-state index contributed by atoms with van der Waals surface area (Å²) in [6, 6.07) is 7.73. The summed E-state index contributed by atoms with van der Waals surface area (Å²) in [7, 11) is 1.77. The summed E-state index contributed by atoms with van der Waals surface area (Å²) < 4.78 is 7.04. The molecule has 0 unspecified atom stereocenters. The van der Waals surface area contributed by atoms with E-state index in [2.05, 4.69) is 18.8 Å². The molecule has 0 radical (unpaired) electrons. The van der Waals surface area contributed by atoms with Crippen LogP contribution in [-0.4, -0.2) is 40.6 Å². The Morgan fingerprint density at radius 2 is 1.97 bits per heavy atom. The molecule has 0 atom stereocenters. The van der Waals surface area contributed by atoms with Gasteiger partial charge < -0.3 is 9.64 Å². The van der Waals surface area contributed by atoms with Crippen LogP contribution in [0.1, 0.15) is 33.1 Å². The van der Waals surface area contributed by atoms with Crippen molar-refractivity contribution < 1.29 is 9.53 Å². The molecule has 29 heavy (non-hydrogen) atoms. The number of aromatic nitrogens is 2. The van der Waals surface area contributed by atoms with Gasteiger partial charge in [-0.15, -0.1) is 11.3 Å². The van der Waals surface area contributed by atoms with E-state index >= 15 is 0 Å². The summed E-state index contributed by atoms with van der Waals surface area (Å²) in [5.41, 5.74) is 1.59. The molecule has 0 bridgehead atoms. The maximum Gasteiger partial charge on any atom is 0.263 e. The Morgan fingerprint density at radius 1 is 1.21 bits per heavy atom. The fraction of sp³-hybridized carbons (Fsp3) is 0.409. The average Bonchev–Trinajstić information content (AvgIpc) is 3.17. The number of fused-ring (bicyclic) bond motifs is 1. The van der Waals surface area contributed by atoms with Gasteiger partial charge in [0.2, 0.25) is 5.91 Å². The molecule has 1 aromatic carbocycles. The normalized spacial score (nSPS) is 11.0. The van der Waals surface area contributed by atoms with Gasteiger partial charge in [-0.3, -0.25) is 14.2 Å². The Morgan fingerprint density at radius 3 is 2.66 bits per heavy atom. The van der Waals surface area contributed by atoms with Gasteiger partial charge in [-0.25, -0.2) is 4.98 Å². The predicted octanol–water partition coefficient (Wildman–Crippen LogP) is 4.17. The van der Waals surface area contributed by atoms with E-state index < -0.39 is 0 Å². The zero-order valence-electron chi connectivity index (χ0n) is 17.2. The third-order valence-electron chi connectivity index (χ3n) is 4.78. The van der Waals surface area contributed by atoms with Gasteiger partial charge in [-0.2, -0.15) is 0 Å². The van der Waals surface area contributed by atoms with Gasteiger partial charge in [0.05, 0.1) is 18.3 Å². The molecule has 0 aliphatic carbocycles. The lowest BCUT2D eigenvalue weighted by Gasteiger charge is -2.17. The van der Waals surface area contributed by atoms with Gasteiger partial charge in [0.25, 0.3) is 5.56 Å². The van der Waals surface area contributed by atoms with Crippen molar-refractivity contribution in [3.8, 4) is 16.9 Å². The molecule has 0 aliphatic heterocycles. The zero-order valence-corrected chi connectivity index (χ0v) is 18.0. The Bertz CT molecular complexity index is 1020. The van der Waals surface area contributed by atoms with E-state index in [1.807, 2.05) is 29.6 Å². The van der Waals surface area contributed by atoms with Crippen LogP contribution < -0.4 is 10.3 Å². The zero-order chi connectivity index (χ0) is 20.8. The van der Waals surface area contributed by atoms with E-state index in [4.69, 9.17) is 4.74 Å². The van der Waals surface area contributed by atoms with Gasteiger partial charge in [0.15, 0.2) is 0 Å². The number of nitrogens with zero attached hydrogens (tertiary/aromatic N) is 3. The summed E-state index contributed by atoms with van der Waals surface area (Å²) in [6.07, 6.45) is 4.39. The summed E-state index contributed by atoms with van der Waals surface area (Å²) in [4.78, 5) is 32.3. The van der Waals surface area contributed by atoms with Gasteiger partial charge in [-0.1, -0.05) is 32.4 Å². The molecule has 3 rings (SSSR count).